The number of nitrogens with one attached hydrogen (secondary N) is 1. The summed E-state index contributed by atoms with van der Waals surface area (Å²) in [7, 11) is 0. The molecule has 1 aliphatic rings. The van der Waals surface area contributed by atoms with E-state index in [2.05, 4.69) is 46.6 Å². The molecule has 0 aliphatic heterocycles. The number of rotatable bonds is 5. The Labute approximate surface area is 113 Å². The van der Waals surface area contributed by atoms with Crippen molar-refractivity contribution in [3.63, 3.8) is 0 Å². The van der Waals surface area contributed by atoms with E-state index in [0.717, 1.165) is 11.6 Å². The van der Waals surface area contributed by atoms with Crippen LogP contribution in [0, 0.1) is 5.92 Å². The third kappa shape index (κ3) is 2.95. The van der Waals surface area contributed by atoms with Crippen molar-refractivity contribution < 1.29 is 0 Å². The Bertz CT molecular complexity index is 499. The molecule has 0 bridgehead atoms. The number of nitrogens with zero attached hydrogens (tertiary/aromatic N) is 3. The lowest BCUT2D eigenvalue weighted by Crippen LogP contribution is -2.23. The van der Waals surface area contributed by atoms with Gasteiger partial charge in [0.2, 0.25) is 0 Å². The zero-order chi connectivity index (χ0) is 13.1. The van der Waals surface area contributed by atoms with E-state index in [1.54, 1.807) is 17.3 Å². The summed E-state index contributed by atoms with van der Waals surface area (Å²) in [6, 6.07) is 8.88. The Morgan fingerprint density at radius 2 is 2.11 bits per heavy atom. The van der Waals surface area contributed by atoms with Crippen molar-refractivity contribution in [2.24, 2.45) is 5.92 Å². The van der Waals surface area contributed by atoms with Crippen LogP contribution < -0.4 is 5.32 Å². The first-order chi connectivity index (χ1) is 9.31. The Balaban J connectivity index is 1.59. The SMILES string of the molecule is CC(CC1CCC1)Nc1ccc(-n2cncn2)cc1. The molecule has 100 valence electrons. The fraction of sp³-hybridized carbons (Fsp3) is 0.467. The number of anilines is 1. The molecule has 1 fully saturated rings. The van der Waals surface area contributed by atoms with Crippen molar-refractivity contribution in [2.75, 3.05) is 5.32 Å². The molecule has 0 radical (unpaired) electrons. The summed E-state index contributed by atoms with van der Waals surface area (Å²) in [6.07, 6.45) is 8.79. The maximum atomic E-state index is 4.12. The molecule has 1 aliphatic carbocycles. The Morgan fingerprint density at radius 3 is 2.68 bits per heavy atom. The normalized spacial score (nSPS) is 16.9. The molecule has 3 rings (SSSR count). The molecule has 4 heteroatoms. The fourth-order valence-electron chi connectivity index (χ4n) is 2.62. The lowest BCUT2D eigenvalue weighted by Gasteiger charge is -2.28. The first kappa shape index (κ1) is 12.2. The number of hydrogen-bond donors (Lipinski definition) is 1. The predicted octanol–water partition coefficient (Wildman–Crippen LogP) is 3.26. The van der Waals surface area contributed by atoms with Crippen molar-refractivity contribution in [3.8, 4) is 5.69 Å². The molecular weight excluding hydrogens is 236 g/mol. The van der Waals surface area contributed by atoms with E-state index in [1.807, 2.05) is 0 Å². The van der Waals surface area contributed by atoms with Crippen molar-refractivity contribution in [1.82, 2.24) is 14.8 Å². The molecule has 2 aromatic rings. The van der Waals surface area contributed by atoms with Crippen molar-refractivity contribution in [2.45, 2.75) is 38.6 Å². The number of hydrogen-bond acceptors (Lipinski definition) is 3. The maximum absolute atomic E-state index is 4.12. The molecule has 4 nitrogen and oxygen atoms in total. The minimum Gasteiger partial charge on any atom is -0.383 e. The summed E-state index contributed by atoms with van der Waals surface area (Å²) in [5.74, 6) is 0.942. The Morgan fingerprint density at radius 1 is 1.32 bits per heavy atom. The number of aromatic nitrogens is 3. The molecular formula is C15H20N4. The molecule has 1 aromatic heterocycles. The van der Waals surface area contributed by atoms with Crippen LogP contribution in [-0.4, -0.2) is 20.8 Å². The van der Waals surface area contributed by atoms with Crippen LogP contribution in [0.1, 0.15) is 32.6 Å². The fourth-order valence-corrected chi connectivity index (χ4v) is 2.62. The van der Waals surface area contributed by atoms with Gasteiger partial charge in [-0.3, -0.25) is 0 Å². The van der Waals surface area contributed by atoms with Crippen molar-refractivity contribution >= 4 is 5.69 Å². The van der Waals surface area contributed by atoms with E-state index < -0.39 is 0 Å². The molecule has 1 atom stereocenters. The van der Waals surface area contributed by atoms with Gasteiger partial charge in [0.05, 0.1) is 5.69 Å². The highest BCUT2D eigenvalue weighted by Crippen LogP contribution is 2.31. The van der Waals surface area contributed by atoms with Gasteiger partial charge >= 0.3 is 0 Å². The van der Waals surface area contributed by atoms with E-state index in [1.165, 1.54) is 31.4 Å². The van der Waals surface area contributed by atoms with Gasteiger partial charge in [0, 0.05) is 11.7 Å². The lowest BCUT2D eigenvalue weighted by atomic mass is 9.81. The summed E-state index contributed by atoms with van der Waals surface area (Å²) in [5.41, 5.74) is 2.21. The van der Waals surface area contributed by atoms with Gasteiger partial charge in [0.15, 0.2) is 0 Å². The van der Waals surface area contributed by atoms with E-state index >= 15 is 0 Å². The molecule has 19 heavy (non-hydrogen) atoms. The second kappa shape index (κ2) is 5.43. The Kier molecular flexibility index (Phi) is 3.49. The highest BCUT2D eigenvalue weighted by atomic mass is 15.3. The molecule has 1 saturated carbocycles. The highest BCUT2D eigenvalue weighted by molar-refractivity contribution is 5.48. The van der Waals surface area contributed by atoms with Crippen LogP contribution in [0.2, 0.25) is 0 Å². The molecule has 0 amide bonds. The smallest absolute Gasteiger partial charge is 0.138 e. The van der Waals surface area contributed by atoms with Gasteiger partial charge in [-0.2, -0.15) is 5.10 Å². The van der Waals surface area contributed by atoms with Gasteiger partial charge in [0.25, 0.3) is 0 Å². The Hall–Kier alpha value is -1.84. The first-order valence-electron chi connectivity index (χ1n) is 7.03. The van der Waals surface area contributed by atoms with E-state index in [9.17, 15) is 0 Å². The van der Waals surface area contributed by atoms with Crippen LogP contribution in [0.15, 0.2) is 36.9 Å². The second-order valence-electron chi connectivity index (χ2n) is 5.46. The van der Waals surface area contributed by atoms with Gasteiger partial charge in [0.1, 0.15) is 12.7 Å². The lowest BCUT2D eigenvalue weighted by molar-refractivity contribution is 0.286. The molecule has 0 saturated heterocycles. The third-order valence-corrected chi connectivity index (χ3v) is 3.88. The summed E-state index contributed by atoms with van der Waals surface area (Å²) in [6.45, 7) is 2.27. The predicted molar refractivity (Wildman–Crippen MR) is 76.4 cm³/mol. The van der Waals surface area contributed by atoms with Crippen molar-refractivity contribution in [1.29, 1.82) is 0 Å². The van der Waals surface area contributed by atoms with Gasteiger partial charge in [-0.1, -0.05) is 19.3 Å². The average molecular weight is 256 g/mol. The molecule has 1 N–H and O–H groups in total. The quantitative estimate of drug-likeness (QED) is 0.893. The summed E-state index contributed by atoms with van der Waals surface area (Å²) in [4.78, 5) is 3.95. The summed E-state index contributed by atoms with van der Waals surface area (Å²) < 4.78 is 1.77. The maximum Gasteiger partial charge on any atom is 0.138 e. The minimum absolute atomic E-state index is 0.544. The van der Waals surface area contributed by atoms with Crippen LogP contribution in [0.3, 0.4) is 0 Å². The zero-order valence-corrected chi connectivity index (χ0v) is 11.3. The number of benzene rings is 1. The van der Waals surface area contributed by atoms with Gasteiger partial charge in [-0.15, -0.1) is 0 Å². The molecule has 1 unspecified atom stereocenters. The monoisotopic (exact) mass is 256 g/mol. The van der Waals surface area contributed by atoms with Gasteiger partial charge in [-0.25, -0.2) is 9.67 Å². The second-order valence-corrected chi connectivity index (χ2v) is 5.46. The summed E-state index contributed by atoms with van der Waals surface area (Å²) >= 11 is 0. The standard InChI is InChI=1S/C15H20N4/c1-12(9-13-3-2-4-13)18-14-5-7-15(8-6-14)19-11-16-10-17-19/h5-8,10-13,18H,2-4,9H2,1H3. The largest absolute Gasteiger partial charge is 0.383 e. The first-order valence-corrected chi connectivity index (χ1v) is 7.03. The van der Waals surface area contributed by atoms with E-state index in [0.29, 0.717) is 6.04 Å². The molecule has 1 aromatic carbocycles. The highest BCUT2D eigenvalue weighted by Gasteiger charge is 2.19. The van der Waals surface area contributed by atoms with Gasteiger partial charge < -0.3 is 5.32 Å². The minimum atomic E-state index is 0.544. The van der Waals surface area contributed by atoms with E-state index in [-0.39, 0.29) is 0 Å². The molecule has 0 spiro atoms. The summed E-state index contributed by atoms with van der Waals surface area (Å²) in [5, 5.41) is 7.69. The van der Waals surface area contributed by atoms with Crippen LogP contribution in [0.4, 0.5) is 5.69 Å². The zero-order valence-electron chi connectivity index (χ0n) is 11.3. The average Bonchev–Trinajstić information content (AvgIpc) is 2.89. The third-order valence-electron chi connectivity index (χ3n) is 3.88. The van der Waals surface area contributed by atoms with Crippen LogP contribution in [0.25, 0.3) is 5.69 Å². The molecule has 1 heterocycles. The van der Waals surface area contributed by atoms with Crippen LogP contribution in [-0.2, 0) is 0 Å². The topological polar surface area (TPSA) is 42.7 Å². The van der Waals surface area contributed by atoms with E-state index in [4.69, 9.17) is 0 Å². The van der Waals surface area contributed by atoms with Crippen LogP contribution >= 0.6 is 0 Å². The van der Waals surface area contributed by atoms with Crippen molar-refractivity contribution in [3.05, 3.63) is 36.9 Å². The van der Waals surface area contributed by atoms with Crippen LogP contribution in [0.5, 0.6) is 0 Å². The van der Waals surface area contributed by atoms with Gasteiger partial charge in [-0.05, 0) is 43.5 Å².